The molecule has 1 heteroatoms. The van der Waals surface area contributed by atoms with Crippen LogP contribution in [0.4, 0.5) is 0 Å². The third kappa shape index (κ3) is 2.43. The Balaban J connectivity index is 1.81. The van der Waals surface area contributed by atoms with Gasteiger partial charge in [0.1, 0.15) is 0 Å². The Hall–Kier alpha value is -3.19. The van der Waals surface area contributed by atoms with Crippen LogP contribution >= 0.6 is 0 Å². The first kappa shape index (κ1) is 16.9. The van der Waals surface area contributed by atoms with Gasteiger partial charge in [0, 0.05) is 11.8 Å². The molecule has 5 rings (SSSR count). The van der Waals surface area contributed by atoms with Crippen LogP contribution in [0.3, 0.4) is 0 Å². The predicted octanol–water partition coefficient (Wildman–Crippen LogP) is 6.77. The summed E-state index contributed by atoms with van der Waals surface area (Å²) in [5, 5.41) is 4.89. The fraction of sp³-hybridized carbons (Fsp3) is 0.148. The Morgan fingerprint density at radius 2 is 1.25 bits per heavy atom. The van der Waals surface area contributed by atoms with E-state index in [1.807, 2.05) is 6.92 Å². The summed E-state index contributed by atoms with van der Waals surface area (Å²) in [6.07, 6.45) is 0. The molecule has 4 aromatic carbocycles. The van der Waals surface area contributed by atoms with Crippen LogP contribution < -0.4 is 0 Å². The fourth-order valence-corrected chi connectivity index (χ4v) is 4.89. The summed E-state index contributed by atoms with van der Waals surface area (Å²) in [4.78, 5) is 13.1. The zero-order valence-corrected chi connectivity index (χ0v) is 16.1. The van der Waals surface area contributed by atoms with E-state index in [4.69, 9.17) is 0 Å². The highest BCUT2D eigenvalue weighted by Crippen LogP contribution is 2.49. The summed E-state index contributed by atoms with van der Waals surface area (Å²) in [7, 11) is 0. The number of ketones is 1. The molecule has 0 aliphatic heterocycles. The maximum atomic E-state index is 13.1. The van der Waals surface area contributed by atoms with E-state index in [-0.39, 0.29) is 17.6 Å². The Morgan fingerprint density at radius 3 is 2.00 bits per heavy atom. The van der Waals surface area contributed by atoms with Crippen LogP contribution in [0.5, 0.6) is 0 Å². The zero-order valence-electron chi connectivity index (χ0n) is 16.1. The first-order valence-corrected chi connectivity index (χ1v) is 9.87. The first-order valence-electron chi connectivity index (χ1n) is 9.87. The van der Waals surface area contributed by atoms with Gasteiger partial charge in [-0.3, -0.25) is 4.79 Å². The monoisotopic (exact) mass is 362 g/mol. The molecule has 0 amide bonds. The van der Waals surface area contributed by atoms with Crippen LogP contribution in [0.25, 0.3) is 27.1 Å². The minimum absolute atomic E-state index is 0.0558. The SMILES string of the molecule is CC1=C(c2cccc3ccccc23)[C@@H](c2cccc3ccccc23)[C@H](C)C1=O. The summed E-state index contributed by atoms with van der Waals surface area (Å²) < 4.78 is 0. The second-order valence-corrected chi connectivity index (χ2v) is 7.76. The number of fused-ring (bicyclic) bond motifs is 2. The molecule has 1 aliphatic rings. The molecule has 0 radical (unpaired) electrons. The van der Waals surface area contributed by atoms with Gasteiger partial charge in [-0.1, -0.05) is 91.9 Å². The van der Waals surface area contributed by atoms with E-state index in [9.17, 15) is 4.79 Å². The number of carbonyl (C=O) groups is 1. The lowest BCUT2D eigenvalue weighted by Crippen LogP contribution is -2.13. The molecule has 1 nitrogen and oxygen atoms in total. The highest BCUT2D eigenvalue weighted by atomic mass is 16.1. The molecule has 0 saturated carbocycles. The molecule has 28 heavy (non-hydrogen) atoms. The van der Waals surface area contributed by atoms with Crippen molar-refractivity contribution < 1.29 is 4.79 Å². The van der Waals surface area contributed by atoms with Crippen LogP contribution in [0, 0.1) is 5.92 Å². The molecule has 0 aromatic heterocycles. The van der Waals surface area contributed by atoms with Crippen LogP contribution in [0.2, 0.25) is 0 Å². The zero-order chi connectivity index (χ0) is 19.3. The molecule has 4 aromatic rings. The number of carbonyl (C=O) groups excluding carboxylic acids is 1. The molecule has 0 spiro atoms. The topological polar surface area (TPSA) is 17.1 Å². The van der Waals surface area contributed by atoms with Crippen molar-refractivity contribution in [2.75, 3.05) is 0 Å². The number of allylic oxidation sites excluding steroid dienone is 2. The lowest BCUT2D eigenvalue weighted by molar-refractivity contribution is -0.118. The van der Waals surface area contributed by atoms with E-state index in [0.717, 1.165) is 5.57 Å². The van der Waals surface area contributed by atoms with Gasteiger partial charge < -0.3 is 0 Å². The maximum absolute atomic E-state index is 13.1. The van der Waals surface area contributed by atoms with Gasteiger partial charge in [0.15, 0.2) is 5.78 Å². The molecule has 0 fully saturated rings. The second-order valence-electron chi connectivity index (χ2n) is 7.76. The molecule has 0 bridgehead atoms. The number of rotatable bonds is 2. The average Bonchev–Trinajstić information content (AvgIpc) is 2.96. The van der Waals surface area contributed by atoms with Crippen molar-refractivity contribution in [2.45, 2.75) is 19.8 Å². The minimum atomic E-state index is -0.0558. The van der Waals surface area contributed by atoms with E-state index in [0.29, 0.717) is 0 Å². The van der Waals surface area contributed by atoms with Gasteiger partial charge in [-0.25, -0.2) is 0 Å². The molecule has 136 valence electrons. The quantitative estimate of drug-likeness (QED) is 0.384. The molecule has 1 aliphatic carbocycles. The Labute approximate surface area is 165 Å². The summed E-state index contributed by atoms with van der Waals surface area (Å²) in [5.41, 5.74) is 4.53. The van der Waals surface area contributed by atoms with Gasteiger partial charge in [0.25, 0.3) is 0 Å². The fourth-order valence-electron chi connectivity index (χ4n) is 4.89. The van der Waals surface area contributed by atoms with E-state index in [1.165, 1.54) is 38.2 Å². The highest BCUT2D eigenvalue weighted by molar-refractivity contribution is 6.13. The molecule has 2 atom stereocenters. The van der Waals surface area contributed by atoms with Crippen molar-refractivity contribution in [3.05, 3.63) is 102 Å². The molecule has 0 heterocycles. The smallest absolute Gasteiger partial charge is 0.162 e. The second kappa shape index (κ2) is 6.45. The van der Waals surface area contributed by atoms with E-state index in [1.54, 1.807) is 0 Å². The van der Waals surface area contributed by atoms with Crippen molar-refractivity contribution in [2.24, 2.45) is 5.92 Å². The predicted molar refractivity (Wildman–Crippen MR) is 117 cm³/mol. The summed E-state index contributed by atoms with van der Waals surface area (Å²) in [6.45, 7) is 4.08. The van der Waals surface area contributed by atoms with Gasteiger partial charge in [-0.15, -0.1) is 0 Å². The van der Waals surface area contributed by atoms with Crippen LogP contribution in [-0.2, 0) is 4.79 Å². The van der Waals surface area contributed by atoms with Crippen LogP contribution in [-0.4, -0.2) is 5.78 Å². The van der Waals surface area contributed by atoms with Crippen molar-refractivity contribution in [1.82, 2.24) is 0 Å². The summed E-state index contributed by atoms with van der Waals surface area (Å²) >= 11 is 0. The Bertz CT molecular complexity index is 1250. The molecular weight excluding hydrogens is 340 g/mol. The summed E-state index contributed by atoms with van der Waals surface area (Å²) in [5.74, 6) is 0.282. The van der Waals surface area contributed by atoms with E-state index < -0.39 is 0 Å². The highest BCUT2D eigenvalue weighted by Gasteiger charge is 2.39. The Kier molecular flexibility index (Phi) is 3.91. The number of benzene rings is 4. The van der Waals surface area contributed by atoms with E-state index >= 15 is 0 Å². The van der Waals surface area contributed by atoms with Gasteiger partial charge in [-0.05, 0) is 50.7 Å². The lowest BCUT2D eigenvalue weighted by Gasteiger charge is -2.23. The number of hydrogen-bond donors (Lipinski definition) is 0. The molecule has 0 N–H and O–H groups in total. The van der Waals surface area contributed by atoms with Crippen molar-refractivity contribution in [1.29, 1.82) is 0 Å². The number of hydrogen-bond acceptors (Lipinski definition) is 1. The van der Waals surface area contributed by atoms with Crippen molar-refractivity contribution in [3.63, 3.8) is 0 Å². The summed E-state index contributed by atoms with van der Waals surface area (Å²) in [6, 6.07) is 29.8. The Morgan fingerprint density at radius 1 is 0.679 bits per heavy atom. The normalized spacial score (nSPS) is 19.7. The third-order valence-corrected chi connectivity index (χ3v) is 6.24. The molecular formula is C27H22O. The van der Waals surface area contributed by atoms with Crippen molar-refractivity contribution in [3.8, 4) is 0 Å². The first-order chi connectivity index (χ1) is 13.7. The van der Waals surface area contributed by atoms with Crippen LogP contribution in [0.15, 0.2) is 90.5 Å². The average molecular weight is 362 g/mol. The lowest BCUT2D eigenvalue weighted by atomic mass is 9.80. The van der Waals surface area contributed by atoms with Gasteiger partial charge in [0.05, 0.1) is 0 Å². The number of Topliss-reactive ketones (excluding diaryl/α,β-unsaturated/α-hetero) is 1. The van der Waals surface area contributed by atoms with E-state index in [2.05, 4.69) is 91.9 Å². The van der Waals surface area contributed by atoms with Gasteiger partial charge >= 0.3 is 0 Å². The minimum Gasteiger partial charge on any atom is -0.294 e. The van der Waals surface area contributed by atoms with Crippen molar-refractivity contribution >= 4 is 32.9 Å². The largest absolute Gasteiger partial charge is 0.294 e. The van der Waals surface area contributed by atoms with Gasteiger partial charge in [-0.2, -0.15) is 0 Å². The molecule has 0 saturated heterocycles. The standard InChI is InChI=1S/C27H22O/c1-17-25(23-15-7-11-19-9-3-5-13-21(19)23)26(18(2)27(17)28)24-16-8-12-20-10-4-6-14-22(20)24/h3-17,25H,1-2H3/t17-,25+/m0/s1. The molecule has 0 unspecified atom stereocenters. The van der Waals surface area contributed by atoms with Crippen LogP contribution in [0.1, 0.15) is 30.9 Å². The van der Waals surface area contributed by atoms with Gasteiger partial charge in [0.2, 0.25) is 0 Å². The maximum Gasteiger partial charge on any atom is 0.162 e. The third-order valence-electron chi connectivity index (χ3n) is 6.24.